The molecule has 0 saturated carbocycles. The average Bonchev–Trinajstić information content (AvgIpc) is 2.55. The zero-order chi connectivity index (χ0) is 8.97. The number of carbonyl (C=O) groups excluding carboxylic acids is 1. The lowest BCUT2D eigenvalue weighted by molar-refractivity contribution is -0.121. The number of nitrogens with zero attached hydrogens (tertiary/aromatic N) is 1. The monoisotopic (exact) mass is 167 g/mol. The third-order valence-electron chi connectivity index (χ3n) is 1.49. The van der Waals surface area contributed by atoms with Gasteiger partial charge >= 0.3 is 0 Å². The molecule has 12 heavy (non-hydrogen) atoms. The van der Waals surface area contributed by atoms with Gasteiger partial charge in [0, 0.05) is 19.7 Å². The minimum atomic E-state index is -0.578. The Bertz CT molecular complexity index is 244. The van der Waals surface area contributed by atoms with E-state index in [1.165, 1.54) is 0 Å². The fourth-order valence-electron chi connectivity index (χ4n) is 0.852. The van der Waals surface area contributed by atoms with Crippen molar-refractivity contribution in [3.05, 3.63) is 25.3 Å². The van der Waals surface area contributed by atoms with Crippen molar-refractivity contribution >= 4 is 5.91 Å². The average molecular weight is 167 g/mol. The quantitative estimate of drug-likeness (QED) is 0.550. The standard InChI is InChI=1S/C7H11N4O/c1-9-7(12)6(8)2-5-3-10-4-11-5/h3-4,6H,1-2,8H2,(H,9,12)(H,10,11)/t6-/m0/s1. The van der Waals surface area contributed by atoms with Crippen LogP contribution in [0.15, 0.2) is 12.5 Å². The van der Waals surface area contributed by atoms with Crippen LogP contribution in [0.3, 0.4) is 0 Å². The highest BCUT2D eigenvalue weighted by Gasteiger charge is 2.12. The van der Waals surface area contributed by atoms with Crippen LogP contribution in [0, 0.1) is 7.05 Å². The summed E-state index contributed by atoms with van der Waals surface area (Å²) < 4.78 is 0. The normalized spacial score (nSPS) is 12.5. The first-order chi connectivity index (χ1) is 5.74. The van der Waals surface area contributed by atoms with E-state index >= 15 is 0 Å². The highest BCUT2D eigenvalue weighted by molar-refractivity contribution is 5.81. The van der Waals surface area contributed by atoms with Gasteiger partial charge in [-0.1, -0.05) is 0 Å². The Morgan fingerprint density at radius 1 is 1.92 bits per heavy atom. The molecule has 5 heteroatoms. The summed E-state index contributed by atoms with van der Waals surface area (Å²) in [5.74, 6) is -0.280. The van der Waals surface area contributed by atoms with Crippen molar-refractivity contribution in [1.29, 1.82) is 0 Å². The van der Waals surface area contributed by atoms with Crippen LogP contribution >= 0.6 is 0 Å². The first kappa shape index (κ1) is 8.73. The Labute approximate surface area is 70.4 Å². The molecule has 0 saturated heterocycles. The van der Waals surface area contributed by atoms with Gasteiger partial charge in [-0.15, -0.1) is 0 Å². The van der Waals surface area contributed by atoms with E-state index in [1.54, 1.807) is 12.5 Å². The van der Waals surface area contributed by atoms with Gasteiger partial charge in [0.15, 0.2) is 0 Å². The topological polar surface area (TPSA) is 83.8 Å². The molecule has 0 aliphatic heterocycles. The highest BCUT2D eigenvalue weighted by atomic mass is 16.2. The number of H-pyrrole nitrogens is 1. The largest absolute Gasteiger partial charge is 0.353 e. The third-order valence-corrected chi connectivity index (χ3v) is 1.49. The van der Waals surface area contributed by atoms with Crippen LogP contribution < -0.4 is 11.1 Å². The Morgan fingerprint density at radius 3 is 3.17 bits per heavy atom. The number of aromatic nitrogens is 2. The molecule has 1 rings (SSSR count). The van der Waals surface area contributed by atoms with Crippen molar-refractivity contribution in [1.82, 2.24) is 15.3 Å². The number of carbonyl (C=O) groups is 1. The van der Waals surface area contributed by atoms with E-state index in [0.717, 1.165) is 5.69 Å². The van der Waals surface area contributed by atoms with Gasteiger partial charge in [-0.25, -0.2) is 4.98 Å². The minimum Gasteiger partial charge on any atom is -0.353 e. The molecule has 1 radical (unpaired) electrons. The molecule has 0 aliphatic carbocycles. The second-order valence-corrected chi connectivity index (χ2v) is 2.41. The first-order valence-electron chi connectivity index (χ1n) is 3.54. The van der Waals surface area contributed by atoms with Crippen LogP contribution in [0.25, 0.3) is 0 Å². The molecule has 0 aliphatic rings. The van der Waals surface area contributed by atoms with Gasteiger partial charge in [0.2, 0.25) is 5.91 Å². The molecular formula is C7H11N4O. The van der Waals surface area contributed by atoms with Crippen LogP contribution in [0.1, 0.15) is 5.69 Å². The van der Waals surface area contributed by atoms with Crippen molar-refractivity contribution in [2.24, 2.45) is 5.73 Å². The molecule has 65 valence electrons. The van der Waals surface area contributed by atoms with Crippen LogP contribution in [0.4, 0.5) is 0 Å². The molecule has 5 nitrogen and oxygen atoms in total. The van der Waals surface area contributed by atoms with E-state index < -0.39 is 6.04 Å². The summed E-state index contributed by atoms with van der Waals surface area (Å²) in [6, 6.07) is -0.578. The predicted molar refractivity (Wildman–Crippen MR) is 43.8 cm³/mol. The Kier molecular flexibility index (Phi) is 2.82. The van der Waals surface area contributed by atoms with Crippen LogP contribution in [-0.4, -0.2) is 21.9 Å². The maximum Gasteiger partial charge on any atom is 0.237 e. The lowest BCUT2D eigenvalue weighted by atomic mass is 10.2. The molecule has 1 atom stereocenters. The molecule has 0 spiro atoms. The molecule has 1 heterocycles. The Balaban J connectivity index is 2.47. The maximum absolute atomic E-state index is 10.9. The van der Waals surface area contributed by atoms with E-state index in [-0.39, 0.29) is 5.91 Å². The fourth-order valence-corrected chi connectivity index (χ4v) is 0.852. The number of imidazole rings is 1. The number of rotatable bonds is 3. The van der Waals surface area contributed by atoms with E-state index in [0.29, 0.717) is 6.42 Å². The van der Waals surface area contributed by atoms with Crippen molar-refractivity contribution in [3.63, 3.8) is 0 Å². The molecule has 4 N–H and O–H groups in total. The summed E-state index contributed by atoms with van der Waals surface area (Å²) in [5, 5.41) is 2.23. The van der Waals surface area contributed by atoms with Crippen molar-refractivity contribution in [2.45, 2.75) is 12.5 Å². The summed E-state index contributed by atoms with van der Waals surface area (Å²) in [5.41, 5.74) is 6.28. The van der Waals surface area contributed by atoms with E-state index in [9.17, 15) is 4.79 Å². The Hall–Kier alpha value is -1.36. The summed E-state index contributed by atoms with van der Waals surface area (Å²) in [7, 11) is 3.23. The van der Waals surface area contributed by atoms with Gasteiger partial charge in [-0.2, -0.15) is 0 Å². The lowest BCUT2D eigenvalue weighted by Crippen LogP contribution is -2.39. The Morgan fingerprint density at radius 2 is 2.67 bits per heavy atom. The van der Waals surface area contributed by atoms with E-state index in [4.69, 9.17) is 5.73 Å². The smallest absolute Gasteiger partial charge is 0.237 e. The molecule has 1 aromatic rings. The summed E-state index contributed by atoms with van der Waals surface area (Å²) in [6.45, 7) is 0. The molecule has 1 amide bonds. The molecule has 0 bridgehead atoms. The van der Waals surface area contributed by atoms with E-state index in [1.807, 2.05) is 0 Å². The van der Waals surface area contributed by atoms with Gasteiger partial charge in [0.05, 0.1) is 18.1 Å². The zero-order valence-electron chi connectivity index (χ0n) is 6.58. The number of hydrogen-bond acceptors (Lipinski definition) is 3. The van der Waals surface area contributed by atoms with Crippen molar-refractivity contribution in [3.8, 4) is 0 Å². The number of nitrogens with two attached hydrogens (primary N) is 1. The second-order valence-electron chi connectivity index (χ2n) is 2.41. The second kappa shape index (κ2) is 3.87. The number of nitrogens with one attached hydrogen (secondary N) is 2. The first-order valence-corrected chi connectivity index (χ1v) is 3.54. The summed E-state index contributed by atoms with van der Waals surface area (Å²) in [4.78, 5) is 17.6. The van der Waals surface area contributed by atoms with Crippen LogP contribution in [-0.2, 0) is 11.2 Å². The molecule has 0 fully saturated rings. The molecule has 0 unspecified atom stereocenters. The zero-order valence-corrected chi connectivity index (χ0v) is 6.58. The molecule has 0 aromatic carbocycles. The fraction of sp³-hybridized carbons (Fsp3) is 0.286. The summed E-state index contributed by atoms with van der Waals surface area (Å²) in [6.07, 6.45) is 3.67. The highest BCUT2D eigenvalue weighted by Crippen LogP contribution is 1.95. The minimum absolute atomic E-state index is 0.280. The van der Waals surface area contributed by atoms with Crippen molar-refractivity contribution in [2.75, 3.05) is 0 Å². The molecule has 1 aromatic heterocycles. The number of hydrogen-bond donors (Lipinski definition) is 3. The van der Waals surface area contributed by atoms with Crippen LogP contribution in [0.5, 0.6) is 0 Å². The maximum atomic E-state index is 10.9. The lowest BCUT2D eigenvalue weighted by Gasteiger charge is -2.06. The predicted octanol–water partition coefficient (Wildman–Crippen LogP) is -0.813. The van der Waals surface area contributed by atoms with Gasteiger partial charge in [-0.05, 0) is 0 Å². The van der Waals surface area contributed by atoms with Gasteiger partial charge in [-0.3, -0.25) is 4.79 Å². The van der Waals surface area contributed by atoms with Gasteiger partial charge < -0.3 is 16.0 Å². The SMILES string of the molecule is [CH2]NC(=O)[C@@H](N)Cc1c[nH]cn1. The third kappa shape index (κ3) is 2.06. The summed E-state index contributed by atoms with van der Waals surface area (Å²) >= 11 is 0. The van der Waals surface area contributed by atoms with Crippen LogP contribution in [0.2, 0.25) is 0 Å². The molecular weight excluding hydrogens is 156 g/mol. The van der Waals surface area contributed by atoms with Crippen molar-refractivity contribution < 1.29 is 4.79 Å². The van der Waals surface area contributed by atoms with Gasteiger partial charge in [0.25, 0.3) is 0 Å². The van der Waals surface area contributed by atoms with Gasteiger partial charge in [0.1, 0.15) is 0 Å². The number of aromatic amines is 1. The van der Waals surface area contributed by atoms with E-state index in [2.05, 4.69) is 22.3 Å². The number of amides is 1.